The maximum absolute atomic E-state index is 12.8. The minimum Gasteiger partial charge on any atom is -0.493 e. The second-order valence-electron chi connectivity index (χ2n) is 8.73. The highest BCUT2D eigenvalue weighted by Gasteiger charge is 2.33. The molecule has 0 radical (unpaired) electrons. The van der Waals surface area contributed by atoms with Crippen molar-refractivity contribution in [2.24, 2.45) is 5.92 Å². The lowest BCUT2D eigenvalue weighted by Gasteiger charge is -2.44. The third-order valence-corrected chi connectivity index (χ3v) is 6.85. The minimum absolute atomic E-state index is 0.0404. The summed E-state index contributed by atoms with van der Waals surface area (Å²) in [7, 11) is 3.17. The van der Waals surface area contributed by atoms with Crippen molar-refractivity contribution in [2.75, 3.05) is 40.4 Å². The average molecular weight is 428 g/mol. The number of benzene rings is 1. The van der Waals surface area contributed by atoms with Crippen LogP contribution in [0.2, 0.25) is 0 Å². The van der Waals surface area contributed by atoms with E-state index in [4.69, 9.17) is 9.47 Å². The van der Waals surface area contributed by atoms with Crippen LogP contribution < -0.4 is 14.8 Å². The fraction of sp³-hybridized carbons (Fsp3) is 0.583. The summed E-state index contributed by atoms with van der Waals surface area (Å²) in [6.45, 7) is 3.12. The lowest BCUT2D eigenvalue weighted by molar-refractivity contribution is -0.133. The van der Waals surface area contributed by atoms with Gasteiger partial charge >= 0.3 is 0 Å². The van der Waals surface area contributed by atoms with E-state index < -0.39 is 0 Å². The number of hydrogen-bond donors (Lipinski definition) is 1. The van der Waals surface area contributed by atoms with E-state index in [-0.39, 0.29) is 24.8 Å². The Bertz CT molecular complexity index is 851. The smallest absolute Gasteiger partial charge is 0.240 e. The Morgan fingerprint density at radius 1 is 1.10 bits per heavy atom. The van der Waals surface area contributed by atoms with Crippen LogP contribution in [0.4, 0.5) is 0 Å². The summed E-state index contributed by atoms with van der Waals surface area (Å²) in [4.78, 5) is 29.5. The van der Waals surface area contributed by atoms with E-state index in [1.165, 1.54) is 50.1 Å². The molecule has 3 aliphatic rings. The predicted molar refractivity (Wildman–Crippen MR) is 119 cm³/mol. The van der Waals surface area contributed by atoms with Gasteiger partial charge in [0, 0.05) is 18.8 Å². The van der Waals surface area contributed by atoms with Gasteiger partial charge in [0.05, 0.1) is 20.6 Å². The van der Waals surface area contributed by atoms with E-state index in [0.29, 0.717) is 30.0 Å². The number of hydrogen-bond acceptors (Lipinski definition) is 5. The van der Waals surface area contributed by atoms with E-state index in [2.05, 4.69) is 10.2 Å². The van der Waals surface area contributed by atoms with Crippen molar-refractivity contribution in [3.63, 3.8) is 0 Å². The SMILES string of the molecule is COc1cc2c(cc1OC)CC(=O)N(CC(=O)NC[C@@H]1CCCN3CCCCC13)C=C2. The van der Waals surface area contributed by atoms with Gasteiger partial charge in [-0.1, -0.05) is 6.42 Å². The molecule has 3 aliphatic heterocycles. The zero-order valence-electron chi connectivity index (χ0n) is 18.6. The molecule has 0 aliphatic carbocycles. The summed E-state index contributed by atoms with van der Waals surface area (Å²) in [6, 6.07) is 4.29. The zero-order valence-corrected chi connectivity index (χ0v) is 18.6. The summed E-state index contributed by atoms with van der Waals surface area (Å²) in [5, 5.41) is 3.10. The van der Waals surface area contributed by atoms with Crippen molar-refractivity contribution < 1.29 is 19.1 Å². The topological polar surface area (TPSA) is 71.1 Å². The number of nitrogens with zero attached hydrogens (tertiary/aromatic N) is 2. The molecule has 0 aromatic heterocycles. The Morgan fingerprint density at radius 3 is 2.68 bits per heavy atom. The third-order valence-electron chi connectivity index (χ3n) is 6.85. The molecule has 7 nitrogen and oxygen atoms in total. The summed E-state index contributed by atoms with van der Waals surface area (Å²) in [6.07, 6.45) is 9.96. The first-order valence-corrected chi connectivity index (χ1v) is 11.3. The lowest BCUT2D eigenvalue weighted by Crippen LogP contribution is -2.51. The normalized spacial score (nSPS) is 23.5. The van der Waals surface area contributed by atoms with Crippen LogP contribution in [-0.4, -0.2) is 68.1 Å². The predicted octanol–water partition coefficient (Wildman–Crippen LogP) is 2.44. The number of rotatable bonds is 6. The second-order valence-corrected chi connectivity index (χ2v) is 8.73. The van der Waals surface area contributed by atoms with Crippen LogP contribution in [0.3, 0.4) is 0 Å². The van der Waals surface area contributed by atoms with Gasteiger partial charge in [0.1, 0.15) is 6.54 Å². The van der Waals surface area contributed by atoms with Gasteiger partial charge in [0.25, 0.3) is 0 Å². The van der Waals surface area contributed by atoms with Gasteiger partial charge in [-0.2, -0.15) is 0 Å². The number of ether oxygens (including phenoxy) is 2. The molecule has 1 aromatic carbocycles. The molecule has 168 valence electrons. The van der Waals surface area contributed by atoms with Crippen molar-refractivity contribution >= 4 is 17.9 Å². The molecule has 1 aromatic rings. The molecular formula is C24H33N3O4. The fourth-order valence-electron chi connectivity index (χ4n) is 5.17. The van der Waals surface area contributed by atoms with E-state index in [9.17, 15) is 9.59 Å². The van der Waals surface area contributed by atoms with Crippen LogP contribution >= 0.6 is 0 Å². The van der Waals surface area contributed by atoms with Crippen LogP contribution in [0.5, 0.6) is 11.5 Å². The second kappa shape index (κ2) is 9.73. The highest BCUT2D eigenvalue weighted by atomic mass is 16.5. The van der Waals surface area contributed by atoms with Gasteiger partial charge in [-0.05, 0) is 74.0 Å². The number of amides is 2. The quantitative estimate of drug-likeness (QED) is 0.755. The maximum atomic E-state index is 12.8. The molecule has 4 rings (SSSR count). The van der Waals surface area contributed by atoms with Crippen molar-refractivity contribution in [3.8, 4) is 11.5 Å². The first-order chi connectivity index (χ1) is 15.1. The fourth-order valence-corrected chi connectivity index (χ4v) is 5.17. The van der Waals surface area contributed by atoms with Crippen molar-refractivity contribution in [3.05, 3.63) is 29.5 Å². The Kier molecular flexibility index (Phi) is 6.80. The monoisotopic (exact) mass is 427 g/mol. The van der Waals surface area contributed by atoms with E-state index in [0.717, 1.165) is 11.1 Å². The first kappa shape index (κ1) is 21.7. The van der Waals surface area contributed by atoms with Crippen molar-refractivity contribution in [1.82, 2.24) is 15.1 Å². The van der Waals surface area contributed by atoms with Crippen LogP contribution in [0, 0.1) is 5.92 Å². The molecule has 2 atom stereocenters. The Morgan fingerprint density at radius 2 is 1.87 bits per heavy atom. The summed E-state index contributed by atoms with van der Waals surface area (Å²) >= 11 is 0. The molecule has 7 heteroatoms. The Hall–Kier alpha value is -2.54. The molecule has 1 N–H and O–H groups in total. The lowest BCUT2D eigenvalue weighted by atomic mass is 9.83. The molecule has 1 unspecified atom stereocenters. The first-order valence-electron chi connectivity index (χ1n) is 11.3. The molecular weight excluding hydrogens is 394 g/mol. The van der Waals surface area contributed by atoms with Gasteiger partial charge in [-0.3, -0.25) is 9.59 Å². The average Bonchev–Trinajstić information content (AvgIpc) is 2.94. The number of methoxy groups -OCH3 is 2. The van der Waals surface area contributed by atoms with E-state index >= 15 is 0 Å². The largest absolute Gasteiger partial charge is 0.493 e. The third kappa shape index (κ3) is 4.87. The van der Waals surface area contributed by atoms with Crippen LogP contribution in [0.25, 0.3) is 6.08 Å². The van der Waals surface area contributed by atoms with E-state index in [1.807, 2.05) is 18.2 Å². The van der Waals surface area contributed by atoms with Gasteiger partial charge in [-0.15, -0.1) is 0 Å². The molecule has 0 bridgehead atoms. The summed E-state index contributed by atoms with van der Waals surface area (Å²) in [5.74, 6) is 1.52. The molecule has 31 heavy (non-hydrogen) atoms. The van der Waals surface area contributed by atoms with Crippen molar-refractivity contribution in [2.45, 2.75) is 44.6 Å². The maximum Gasteiger partial charge on any atom is 0.240 e. The molecule has 2 saturated heterocycles. The highest BCUT2D eigenvalue weighted by Crippen LogP contribution is 2.33. The number of nitrogens with one attached hydrogen (secondary N) is 1. The molecule has 2 amide bonds. The highest BCUT2D eigenvalue weighted by molar-refractivity contribution is 5.89. The van der Waals surface area contributed by atoms with Crippen molar-refractivity contribution in [1.29, 1.82) is 0 Å². The van der Waals surface area contributed by atoms with Gasteiger partial charge in [0.15, 0.2) is 11.5 Å². The molecule has 0 spiro atoms. The van der Waals surface area contributed by atoms with Crippen LogP contribution in [0.1, 0.15) is 43.2 Å². The molecule has 2 fully saturated rings. The van der Waals surface area contributed by atoms with Crippen LogP contribution in [0.15, 0.2) is 18.3 Å². The number of carbonyl (C=O) groups excluding carboxylic acids is 2. The number of fused-ring (bicyclic) bond motifs is 2. The summed E-state index contributed by atoms with van der Waals surface area (Å²) in [5.41, 5.74) is 1.76. The number of carbonyl (C=O) groups is 2. The minimum atomic E-state index is -0.105. The van der Waals surface area contributed by atoms with Gasteiger partial charge in [-0.25, -0.2) is 0 Å². The zero-order chi connectivity index (χ0) is 21.8. The van der Waals surface area contributed by atoms with Gasteiger partial charge < -0.3 is 24.6 Å². The molecule has 3 heterocycles. The van der Waals surface area contributed by atoms with Gasteiger partial charge in [0.2, 0.25) is 11.8 Å². The molecule has 0 saturated carbocycles. The Labute approximate surface area is 184 Å². The van der Waals surface area contributed by atoms with Crippen LogP contribution in [-0.2, 0) is 16.0 Å². The number of piperidine rings is 2. The summed E-state index contributed by atoms with van der Waals surface area (Å²) < 4.78 is 10.7. The van der Waals surface area contributed by atoms with E-state index in [1.54, 1.807) is 20.4 Å². The Balaban J connectivity index is 1.35. The standard InChI is InChI=1S/C24H33N3O4/c1-30-21-12-17-8-11-27(24(29)14-19(17)13-22(21)31-2)16-23(28)25-15-18-6-5-10-26-9-4-3-7-20(18)26/h8,11-13,18,20H,3-7,9-10,14-16H2,1-2H3,(H,25,28)/t18-,20?/m0/s1.